The van der Waals surface area contributed by atoms with Crippen LogP contribution in [0.1, 0.15) is 38.5 Å². The molecule has 1 aromatic carbocycles. The first-order valence-corrected chi connectivity index (χ1v) is 9.15. The largest absolute Gasteiger partial charge is 0.452 e. The van der Waals surface area contributed by atoms with Crippen LogP contribution in [0.3, 0.4) is 0 Å². The molecule has 0 aromatic heterocycles. The van der Waals surface area contributed by atoms with Crippen LogP contribution in [0.15, 0.2) is 53.9 Å². The lowest BCUT2D eigenvalue weighted by atomic mass is 9.79. The molecule has 6 heteroatoms. The number of hydrogen-bond acceptors (Lipinski definition) is 6. The van der Waals surface area contributed by atoms with Crippen LogP contribution in [-0.4, -0.2) is 30.6 Å². The van der Waals surface area contributed by atoms with Crippen LogP contribution >= 0.6 is 0 Å². The SMILES string of the molecule is CC1(C)CC(=O)C=C(NC2=CC3OC(c4ccccc4)OCC3OC2=O)C1. The first kappa shape index (κ1) is 17.9. The van der Waals surface area contributed by atoms with Crippen LogP contribution in [0.25, 0.3) is 0 Å². The average molecular weight is 369 g/mol. The quantitative estimate of drug-likeness (QED) is 0.826. The lowest BCUT2D eigenvalue weighted by Crippen LogP contribution is -2.47. The van der Waals surface area contributed by atoms with E-state index >= 15 is 0 Å². The molecule has 2 aliphatic heterocycles. The van der Waals surface area contributed by atoms with Gasteiger partial charge in [-0.1, -0.05) is 44.2 Å². The Hall–Kier alpha value is -2.44. The predicted octanol–water partition coefficient (Wildman–Crippen LogP) is 2.77. The van der Waals surface area contributed by atoms with Gasteiger partial charge in [-0.25, -0.2) is 4.79 Å². The zero-order valence-electron chi connectivity index (χ0n) is 15.4. The first-order valence-electron chi connectivity index (χ1n) is 9.15. The van der Waals surface area contributed by atoms with Gasteiger partial charge in [-0.2, -0.15) is 0 Å². The van der Waals surface area contributed by atoms with Crippen molar-refractivity contribution in [2.45, 2.75) is 45.2 Å². The molecule has 0 spiro atoms. The summed E-state index contributed by atoms with van der Waals surface area (Å²) < 4.78 is 17.2. The molecule has 3 unspecified atom stereocenters. The summed E-state index contributed by atoms with van der Waals surface area (Å²) in [4.78, 5) is 24.3. The summed E-state index contributed by atoms with van der Waals surface area (Å²) in [6, 6.07) is 9.64. The van der Waals surface area contributed by atoms with E-state index in [0.29, 0.717) is 18.5 Å². The van der Waals surface area contributed by atoms with Crippen LogP contribution in [0, 0.1) is 5.41 Å². The molecule has 3 atom stereocenters. The summed E-state index contributed by atoms with van der Waals surface area (Å²) >= 11 is 0. The summed E-state index contributed by atoms with van der Waals surface area (Å²) in [6.07, 6.45) is 3.12. The molecular formula is C21H23NO5. The molecule has 0 saturated carbocycles. The Morgan fingerprint density at radius 2 is 1.89 bits per heavy atom. The van der Waals surface area contributed by atoms with E-state index in [4.69, 9.17) is 14.2 Å². The Labute approximate surface area is 158 Å². The molecule has 0 bridgehead atoms. The van der Waals surface area contributed by atoms with Gasteiger partial charge in [0.05, 0.1) is 6.61 Å². The number of fused-ring (bicyclic) bond motifs is 1. The van der Waals surface area contributed by atoms with Gasteiger partial charge in [0.2, 0.25) is 0 Å². The van der Waals surface area contributed by atoms with Gasteiger partial charge in [-0.05, 0) is 17.9 Å². The summed E-state index contributed by atoms with van der Waals surface area (Å²) in [7, 11) is 0. The highest BCUT2D eigenvalue weighted by Crippen LogP contribution is 2.34. The molecule has 1 aromatic rings. The van der Waals surface area contributed by atoms with E-state index in [9.17, 15) is 9.59 Å². The number of rotatable bonds is 3. The summed E-state index contributed by atoms with van der Waals surface area (Å²) in [6.45, 7) is 4.35. The summed E-state index contributed by atoms with van der Waals surface area (Å²) in [5, 5.41) is 3.09. The van der Waals surface area contributed by atoms with Crippen LogP contribution in [0.5, 0.6) is 0 Å². The van der Waals surface area contributed by atoms with Gasteiger partial charge in [-0.15, -0.1) is 0 Å². The number of ether oxygens (including phenoxy) is 3. The highest BCUT2D eigenvalue weighted by molar-refractivity contribution is 5.93. The highest BCUT2D eigenvalue weighted by Gasteiger charge is 2.39. The fraction of sp³-hybridized carbons (Fsp3) is 0.429. The number of ketones is 1. The zero-order valence-corrected chi connectivity index (χ0v) is 15.4. The van der Waals surface area contributed by atoms with E-state index in [2.05, 4.69) is 5.32 Å². The number of allylic oxidation sites excluding steroid dienone is 2. The molecule has 2 heterocycles. The van der Waals surface area contributed by atoms with Crippen molar-refractivity contribution in [2.24, 2.45) is 5.41 Å². The Balaban J connectivity index is 1.51. The van der Waals surface area contributed by atoms with Crippen molar-refractivity contribution in [2.75, 3.05) is 6.61 Å². The monoisotopic (exact) mass is 369 g/mol. The molecule has 1 fully saturated rings. The highest BCUT2D eigenvalue weighted by atomic mass is 16.7. The number of benzene rings is 1. The van der Waals surface area contributed by atoms with E-state index in [-0.39, 0.29) is 17.8 Å². The van der Waals surface area contributed by atoms with Gasteiger partial charge in [0.15, 0.2) is 18.2 Å². The van der Waals surface area contributed by atoms with Crippen LogP contribution in [0.4, 0.5) is 0 Å². The maximum Gasteiger partial charge on any atom is 0.354 e. The van der Waals surface area contributed by atoms with E-state index in [1.54, 1.807) is 12.2 Å². The van der Waals surface area contributed by atoms with Gasteiger partial charge in [-0.3, -0.25) is 4.79 Å². The minimum Gasteiger partial charge on any atom is -0.452 e. The standard InChI is InChI=1S/C21H23NO5/c1-21(2)10-14(8-15(23)11-21)22-16-9-17-18(26-19(16)24)12-25-20(27-17)13-6-4-3-5-7-13/h3-9,17-18,20,22H,10-12H2,1-2H3. The third kappa shape index (κ3) is 3.96. The van der Waals surface area contributed by atoms with E-state index in [0.717, 1.165) is 11.3 Å². The topological polar surface area (TPSA) is 73.9 Å². The van der Waals surface area contributed by atoms with Crippen molar-refractivity contribution >= 4 is 11.8 Å². The number of esters is 1. The Morgan fingerprint density at radius 1 is 1.11 bits per heavy atom. The third-order valence-electron chi connectivity index (χ3n) is 4.89. The second-order valence-electron chi connectivity index (χ2n) is 7.98. The summed E-state index contributed by atoms with van der Waals surface area (Å²) in [5.41, 5.74) is 1.81. The van der Waals surface area contributed by atoms with Crippen molar-refractivity contribution in [1.29, 1.82) is 0 Å². The second-order valence-corrected chi connectivity index (χ2v) is 7.98. The number of nitrogens with one attached hydrogen (secondary N) is 1. The van der Waals surface area contributed by atoms with Gasteiger partial charge in [0.25, 0.3) is 0 Å². The van der Waals surface area contributed by atoms with E-state index < -0.39 is 24.5 Å². The Bertz CT molecular complexity index is 811. The van der Waals surface area contributed by atoms with Crippen molar-refractivity contribution < 1.29 is 23.8 Å². The van der Waals surface area contributed by atoms with E-state index in [1.165, 1.54) is 0 Å². The lowest BCUT2D eigenvalue weighted by Gasteiger charge is -2.38. The molecule has 1 N–H and O–H groups in total. The molecular weight excluding hydrogens is 346 g/mol. The molecule has 1 saturated heterocycles. The number of carbonyl (C=O) groups is 2. The normalized spacial score (nSPS) is 29.9. The van der Waals surface area contributed by atoms with Crippen LogP contribution in [0.2, 0.25) is 0 Å². The van der Waals surface area contributed by atoms with Crippen molar-refractivity contribution in [3.05, 3.63) is 59.4 Å². The predicted molar refractivity (Wildman–Crippen MR) is 97.2 cm³/mol. The molecule has 0 amide bonds. The molecule has 4 rings (SSSR count). The maximum atomic E-state index is 12.3. The Morgan fingerprint density at radius 3 is 2.63 bits per heavy atom. The maximum absolute atomic E-state index is 12.3. The van der Waals surface area contributed by atoms with E-state index in [1.807, 2.05) is 44.2 Å². The van der Waals surface area contributed by atoms with Gasteiger partial charge >= 0.3 is 5.97 Å². The lowest BCUT2D eigenvalue weighted by molar-refractivity contribution is -0.252. The molecule has 6 nitrogen and oxygen atoms in total. The molecule has 3 aliphatic rings. The smallest absolute Gasteiger partial charge is 0.354 e. The minimum absolute atomic E-state index is 0.0582. The van der Waals surface area contributed by atoms with Gasteiger partial charge in [0, 0.05) is 23.8 Å². The fourth-order valence-corrected chi connectivity index (χ4v) is 3.70. The molecule has 1 aliphatic carbocycles. The number of carbonyl (C=O) groups excluding carboxylic acids is 2. The average Bonchev–Trinajstić information content (AvgIpc) is 2.61. The van der Waals surface area contributed by atoms with Crippen LogP contribution in [-0.2, 0) is 23.8 Å². The molecule has 27 heavy (non-hydrogen) atoms. The third-order valence-corrected chi connectivity index (χ3v) is 4.89. The summed E-state index contributed by atoms with van der Waals surface area (Å²) in [5.74, 6) is -0.402. The zero-order chi connectivity index (χ0) is 19.0. The number of hydrogen-bond donors (Lipinski definition) is 1. The van der Waals surface area contributed by atoms with Crippen molar-refractivity contribution in [3.63, 3.8) is 0 Å². The van der Waals surface area contributed by atoms with Crippen molar-refractivity contribution in [1.82, 2.24) is 5.32 Å². The first-order chi connectivity index (χ1) is 12.9. The van der Waals surface area contributed by atoms with Gasteiger partial charge in [0.1, 0.15) is 11.8 Å². The fourth-order valence-electron chi connectivity index (χ4n) is 3.70. The minimum atomic E-state index is -0.504. The Kier molecular flexibility index (Phi) is 4.61. The van der Waals surface area contributed by atoms with Crippen molar-refractivity contribution in [3.8, 4) is 0 Å². The molecule has 142 valence electrons. The van der Waals surface area contributed by atoms with Crippen LogP contribution < -0.4 is 5.32 Å². The molecule has 0 radical (unpaired) electrons. The second kappa shape index (κ2) is 6.94. The van der Waals surface area contributed by atoms with Gasteiger partial charge < -0.3 is 19.5 Å².